The Morgan fingerprint density at radius 1 is 1.44 bits per heavy atom. The zero-order chi connectivity index (χ0) is 18.5. The van der Waals surface area contributed by atoms with Crippen LogP contribution in [0.25, 0.3) is 0 Å². The number of hydroxylamine groups is 2. The van der Waals surface area contributed by atoms with E-state index < -0.39 is 34.2 Å². The predicted molar refractivity (Wildman–Crippen MR) is 89.5 cm³/mol. The summed E-state index contributed by atoms with van der Waals surface area (Å²) in [7, 11) is 0. The second-order valence-electron chi connectivity index (χ2n) is 6.00. The molecule has 3 rings (SSSR count). The van der Waals surface area contributed by atoms with Gasteiger partial charge in [0.05, 0.1) is 17.6 Å². The molecule has 9 heteroatoms. The highest BCUT2D eigenvalue weighted by molar-refractivity contribution is 7.79. The number of carbonyl (C=O) groups is 2. The molecule has 0 fully saturated rings. The van der Waals surface area contributed by atoms with E-state index in [0.717, 1.165) is 5.06 Å². The number of hydrogen-bond acceptors (Lipinski definition) is 5. The molecule has 3 atom stereocenters. The maximum Gasteiger partial charge on any atom is 0.255 e. The molecular weight excluding hydrogens is 346 g/mol. The topological polar surface area (TPSA) is 124 Å². The number of fused-ring (bicyclic) bond motifs is 2. The van der Waals surface area contributed by atoms with Gasteiger partial charge < -0.3 is 10.3 Å². The molecule has 8 nitrogen and oxygen atoms in total. The van der Waals surface area contributed by atoms with E-state index in [2.05, 4.69) is 6.58 Å². The number of primary amides is 1. The van der Waals surface area contributed by atoms with E-state index in [0.29, 0.717) is 22.5 Å². The SMILES string of the molecule is C=C(C(N)=O)C1=CC=C2C(C1)C(S(=O)O)N1C(=O)C(C)=CC1=CN2O. The van der Waals surface area contributed by atoms with Crippen LogP contribution in [0.1, 0.15) is 13.3 Å². The Morgan fingerprint density at radius 3 is 2.72 bits per heavy atom. The highest BCUT2D eigenvalue weighted by Gasteiger charge is 2.45. The highest BCUT2D eigenvalue weighted by atomic mass is 32.2. The van der Waals surface area contributed by atoms with Crippen molar-refractivity contribution in [3.05, 3.63) is 59.1 Å². The fraction of sp³-hybridized carbons (Fsp3) is 0.250. The monoisotopic (exact) mass is 363 g/mol. The number of hydrogen-bond donors (Lipinski definition) is 3. The zero-order valence-corrected chi connectivity index (χ0v) is 14.2. The average molecular weight is 363 g/mol. The lowest BCUT2D eigenvalue weighted by molar-refractivity contribution is -0.125. The lowest BCUT2D eigenvalue weighted by Crippen LogP contribution is -2.45. The molecule has 2 aliphatic heterocycles. The molecule has 25 heavy (non-hydrogen) atoms. The highest BCUT2D eigenvalue weighted by Crippen LogP contribution is 2.41. The van der Waals surface area contributed by atoms with Crippen LogP contribution in [0.2, 0.25) is 0 Å². The molecule has 0 aromatic heterocycles. The van der Waals surface area contributed by atoms with Gasteiger partial charge in [-0.3, -0.25) is 19.7 Å². The summed E-state index contributed by atoms with van der Waals surface area (Å²) in [5.74, 6) is -1.82. The molecule has 0 saturated carbocycles. The van der Waals surface area contributed by atoms with Crippen molar-refractivity contribution < 1.29 is 23.6 Å². The summed E-state index contributed by atoms with van der Waals surface area (Å²) in [6.45, 7) is 5.22. The molecule has 4 N–H and O–H groups in total. The van der Waals surface area contributed by atoms with Gasteiger partial charge in [0, 0.05) is 17.1 Å². The second kappa shape index (κ2) is 6.10. The minimum absolute atomic E-state index is 0.0849. The first kappa shape index (κ1) is 17.3. The summed E-state index contributed by atoms with van der Waals surface area (Å²) in [6, 6.07) is 0. The minimum Gasteiger partial charge on any atom is -0.366 e. The van der Waals surface area contributed by atoms with E-state index in [1.54, 1.807) is 19.1 Å². The van der Waals surface area contributed by atoms with E-state index in [1.165, 1.54) is 17.2 Å². The van der Waals surface area contributed by atoms with Gasteiger partial charge in [-0.25, -0.2) is 9.27 Å². The third kappa shape index (κ3) is 2.76. The van der Waals surface area contributed by atoms with E-state index in [-0.39, 0.29) is 12.0 Å². The van der Waals surface area contributed by atoms with Crippen molar-refractivity contribution in [2.75, 3.05) is 0 Å². The maximum atomic E-state index is 12.5. The molecule has 3 aliphatic rings. The van der Waals surface area contributed by atoms with Gasteiger partial charge in [0.2, 0.25) is 5.91 Å². The smallest absolute Gasteiger partial charge is 0.255 e. The standard InChI is InChI=1S/C16H17N3O5S/c1-8-5-11-7-18(22)13-4-3-10(9(2)14(17)20)6-12(13)16(25(23)24)19(11)15(8)21/h3-5,7,12,16,22H,2,6H2,1H3,(H2,17,20)(H,23,24). The largest absolute Gasteiger partial charge is 0.366 e. The summed E-state index contributed by atoms with van der Waals surface area (Å²) in [4.78, 5) is 25.1. The quantitative estimate of drug-likeness (QED) is 0.502. The third-order valence-corrected chi connectivity index (χ3v) is 5.44. The maximum absolute atomic E-state index is 12.5. The van der Waals surface area contributed by atoms with Gasteiger partial charge in [-0.2, -0.15) is 0 Å². The summed E-state index contributed by atoms with van der Waals surface area (Å²) in [6.07, 6.45) is 6.10. The molecular formula is C16H17N3O5S. The van der Waals surface area contributed by atoms with Crippen molar-refractivity contribution >= 4 is 22.9 Å². The van der Waals surface area contributed by atoms with Crippen molar-refractivity contribution in [2.24, 2.45) is 11.7 Å². The van der Waals surface area contributed by atoms with Gasteiger partial charge in [-0.05, 0) is 31.1 Å². The molecule has 3 unspecified atom stereocenters. The second-order valence-corrected chi connectivity index (χ2v) is 7.04. The number of allylic oxidation sites excluding steroid dienone is 3. The number of rotatable bonds is 3. The van der Waals surface area contributed by atoms with E-state index >= 15 is 0 Å². The van der Waals surface area contributed by atoms with Gasteiger partial charge >= 0.3 is 0 Å². The van der Waals surface area contributed by atoms with Crippen LogP contribution in [-0.2, 0) is 20.7 Å². The van der Waals surface area contributed by atoms with Crippen LogP contribution in [0.15, 0.2) is 59.1 Å². The fourth-order valence-electron chi connectivity index (χ4n) is 3.23. The van der Waals surface area contributed by atoms with Crippen LogP contribution in [0.4, 0.5) is 0 Å². The van der Waals surface area contributed by atoms with E-state index in [9.17, 15) is 23.6 Å². The number of nitrogens with two attached hydrogens (primary N) is 1. The molecule has 0 saturated heterocycles. The normalized spacial score (nSPS) is 26.6. The molecule has 2 heterocycles. The van der Waals surface area contributed by atoms with Crippen molar-refractivity contribution in [1.29, 1.82) is 0 Å². The molecule has 0 aromatic rings. The molecule has 0 aromatic carbocycles. The summed E-state index contributed by atoms with van der Waals surface area (Å²) >= 11 is -2.40. The van der Waals surface area contributed by atoms with Gasteiger partial charge in [0.15, 0.2) is 11.1 Å². The van der Waals surface area contributed by atoms with Crippen LogP contribution >= 0.6 is 0 Å². The van der Waals surface area contributed by atoms with Gasteiger partial charge in [0.1, 0.15) is 5.37 Å². The van der Waals surface area contributed by atoms with Crippen LogP contribution < -0.4 is 5.73 Å². The van der Waals surface area contributed by atoms with Crippen molar-refractivity contribution in [3.8, 4) is 0 Å². The van der Waals surface area contributed by atoms with Crippen LogP contribution in [0.3, 0.4) is 0 Å². The molecule has 132 valence electrons. The Kier molecular flexibility index (Phi) is 4.23. The van der Waals surface area contributed by atoms with Crippen LogP contribution in [0.5, 0.6) is 0 Å². The lowest BCUT2D eigenvalue weighted by atomic mass is 9.87. The first-order valence-corrected chi connectivity index (χ1v) is 8.60. The number of amides is 2. The molecule has 2 amide bonds. The van der Waals surface area contributed by atoms with Crippen molar-refractivity contribution in [1.82, 2.24) is 9.96 Å². The van der Waals surface area contributed by atoms with E-state index in [1.807, 2.05) is 0 Å². The lowest BCUT2D eigenvalue weighted by Gasteiger charge is -2.34. The third-order valence-electron chi connectivity index (χ3n) is 4.48. The van der Waals surface area contributed by atoms with Crippen molar-refractivity contribution in [3.63, 3.8) is 0 Å². The average Bonchev–Trinajstić information content (AvgIpc) is 2.75. The summed E-state index contributed by atoms with van der Waals surface area (Å²) in [5, 5.41) is 10.0. The van der Waals surface area contributed by atoms with Crippen LogP contribution in [-0.4, -0.2) is 41.1 Å². The summed E-state index contributed by atoms with van der Waals surface area (Å²) < 4.78 is 22.0. The van der Waals surface area contributed by atoms with E-state index in [4.69, 9.17) is 5.73 Å². The Bertz CT molecular complexity index is 839. The Labute approximate surface area is 146 Å². The Morgan fingerprint density at radius 2 is 2.12 bits per heavy atom. The fourth-order valence-corrected chi connectivity index (χ4v) is 4.14. The summed E-state index contributed by atoms with van der Waals surface area (Å²) in [5.41, 5.74) is 6.90. The van der Waals surface area contributed by atoms with Gasteiger partial charge in [-0.1, -0.05) is 12.7 Å². The molecule has 0 radical (unpaired) electrons. The van der Waals surface area contributed by atoms with Crippen molar-refractivity contribution in [2.45, 2.75) is 18.7 Å². The molecule has 0 spiro atoms. The van der Waals surface area contributed by atoms with Crippen LogP contribution in [0, 0.1) is 5.92 Å². The number of carbonyl (C=O) groups excluding carboxylic acids is 2. The molecule has 1 aliphatic carbocycles. The Balaban J connectivity index is 2.10. The van der Waals surface area contributed by atoms with Gasteiger partial charge in [0.25, 0.3) is 5.91 Å². The number of nitrogens with zero attached hydrogens (tertiary/aromatic N) is 2. The first-order chi connectivity index (χ1) is 11.7. The molecule has 0 bridgehead atoms. The predicted octanol–water partition coefficient (Wildman–Crippen LogP) is 0.741. The minimum atomic E-state index is -2.40. The zero-order valence-electron chi connectivity index (χ0n) is 13.4. The van der Waals surface area contributed by atoms with Gasteiger partial charge in [-0.15, -0.1) is 0 Å². The Hall–Kier alpha value is -2.49. The first-order valence-electron chi connectivity index (χ1n) is 7.43.